The number of aryl methyl sites for hydroxylation is 2. The second-order valence-electron chi connectivity index (χ2n) is 9.48. The second-order valence-corrected chi connectivity index (χ2v) is 10.4. The average molecular weight is 547 g/mol. The normalized spacial score (nSPS) is 11.1. The first-order valence-electron chi connectivity index (χ1n) is 12.8. The molecule has 9 heteroatoms. The van der Waals surface area contributed by atoms with Crippen molar-refractivity contribution in [3.8, 4) is 0 Å². The number of hydrogen-bond donors (Lipinski definition) is 3. The van der Waals surface area contributed by atoms with Crippen molar-refractivity contribution < 1.29 is 9.59 Å². The molecule has 8 nitrogen and oxygen atoms in total. The Morgan fingerprint density at radius 3 is 2.55 bits per heavy atom. The fourth-order valence-corrected chi connectivity index (χ4v) is 5.51. The first-order chi connectivity index (χ1) is 19.5. The van der Waals surface area contributed by atoms with Gasteiger partial charge in [0.25, 0.3) is 11.8 Å². The molecule has 6 rings (SSSR count). The fourth-order valence-electron chi connectivity index (χ4n) is 4.57. The van der Waals surface area contributed by atoms with E-state index in [1.165, 1.54) is 17.5 Å². The van der Waals surface area contributed by atoms with Gasteiger partial charge in [-0.3, -0.25) is 9.59 Å². The van der Waals surface area contributed by atoms with Crippen LogP contribution in [0.15, 0.2) is 90.7 Å². The molecule has 0 spiro atoms. The second kappa shape index (κ2) is 10.6. The highest BCUT2D eigenvalue weighted by atomic mass is 32.1. The van der Waals surface area contributed by atoms with E-state index in [9.17, 15) is 9.59 Å². The molecule has 0 atom stereocenters. The topological polar surface area (TPSA) is 100 Å². The standard InChI is InChI=1S/C31H26N6O2S/c1-19-8-3-5-11-25(19)35-28-26(36-31(39)24-18-40-27-12-6-4-10-23(24)27)14-21(15-32-28)30(38)34-17-22-16-33-29-20(2)9-7-13-37(22)29/h3-16,18H,17H2,1-2H3,(H,32,35)(H,34,38)(H,36,39). The summed E-state index contributed by atoms with van der Waals surface area (Å²) >= 11 is 1.51. The summed E-state index contributed by atoms with van der Waals surface area (Å²) in [5, 5.41) is 12.0. The number of para-hydroxylation sites is 1. The van der Waals surface area contributed by atoms with Crippen molar-refractivity contribution in [1.29, 1.82) is 0 Å². The van der Waals surface area contributed by atoms with Crippen LogP contribution in [0, 0.1) is 13.8 Å². The van der Waals surface area contributed by atoms with E-state index in [4.69, 9.17) is 0 Å². The van der Waals surface area contributed by atoms with Crippen LogP contribution < -0.4 is 16.0 Å². The molecule has 6 aromatic rings. The summed E-state index contributed by atoms with van der Waals surface area (Å²) in [6, 6.07) is 21.2. The predicted octanol–water partition coefficient (Wildman–Crippen LogP) is 6.49. The van der Waals surface area contributed by atoms with Crippen LogP contribution in [0.1, 0.15) is 37.5 Å². The highest BCUT2D eigenvalue weighted by molar-refractivity contribution is 7.17. The molecule has 0 saturated carbocycles. The van der Waals surface area contributed by atoms with Crippen LogP contribution in [0.5, 0.6) is 0 Å². The Bertz CT molecular complexity index is 1890. The van der Waals surface area contributed by atoms with E-state index >= 15 is 0 Å². The van der Waals surface area contributed by atoms with Gasteiger partial charge in [0.05, 0.1) is 35.2 Å². The highest BCUT2D eigenvalue weighted by Crippen LogP contribution is 2.30. The van der Waals surface area contributed by atoms with E-state index in [1.54, 1.807) is 12.3 Å². The lowest BCUT2D eigenvalue weighted by molar-refractivity contribution is 0.0948. The summed E-state index contributed by atoms with van der Waals surface area (Å²) in [6.07, 6.45) is 5.18. The van der Waals surface area contributed by atoms with Crippen LogP contribution in [0.4, 0.5) is 17.2 Å². The predicted molar refractivity (Wildman–Crippen MR) is 160 cm³/mol. The van der Waals surface area contributed by atoms with E-state index in [0.29, 0.717) is 22.6 Å². The number of fused-ring (bicyclic) bond motifs is 2. The van der Waals surface area contributed by atoms with E-state index in [-0.39, 0.29) is 18.4 Å². The number of carbonyl (C=O) groups is 2. The van der Waals surface area contributed by atoms with Gasteiger partial charge < -0.3 is 20.4 Å². The molecule has 0 unspecified atom stereocenters. The number of anilines is 3. The molecule has 198 valence electrons. The molecular formula is C31H26N6O2S. The molecule has 3 N–H and O–H groups in total. The van der Waals surface area contributed by atoms with Crippen molar-refractivity contribution in [1.82, 2.24) is 19.7 Å². The Morgan fingerprint density at radius 1 is 0.875 bits per heavy atom. The zero-order valence-electron chi connectivity index (χ0n) is 21.9. The van der Waals surface area contributed by atoms with Gasteiger partial charge in [-0.15, -0.1) is 11.3 Å². The van der Waals surface area contributed by atoms with Crippen molar-refractivity contribution in [2.24, 2.45) is 0 Å². The molecule has 0 fully saturated rings. The van der Waals surface area contributed by atoms with Crippen molar-refractivity contribution in [3.63, 3.8) is 0 Å². The maximum atomic E-state index is 13.4. The van der Waals surface area contributed by atoms with Crippen LogP contribution in [-0.2, 0) is 6.54 Å². The molecule has 0 aliphatic heterocycles. The molecule has 40 heavy (non-hydrogen) atoms. The van der Waals surface area contributed by atoms with Crippen molar-refractivity contribution in [2.75, 3.05) is 10.6 Å². The minimum atomic E-state index is -0.311. The van der Waals surface area contributed by atoms with Crippen molar-refractivity contribution in [3.05, 3.63) is 119 Å². The molecule has 0 aliphatic carbocycles. The molecule has 0 radical (unpaired) electrons. The van der Waals surface area contributed by atoms with Gasteiger partial charge in [-0.2, -0.15) is 0 Å². The number of rotatable bonds is 7. The van der Waals surface area contributed by atoms with Gasteiger partial charge in [0.15, 0.2) is 5.82 Å². The minimum Gasteiger partial charge on any atom is -0.346 e. The molecule has 4 aromatic heterocycles. The summed E-state index contributed by atoms with van der Waals surface area (Å²) < 4.78 is 2.99. The maximum absolute atomic E-state index is 13.4. The number of benzene rings is 2. The zero-order chi connectivity index (χ0) is 27.6. The third-order valence-corrected chi connectivity index (χ3v) is 7.72. The van der Waals surface area contributed by atoms with E-state index in [0.717, 1.165) is 38.2 Å². The lowest BCUT2D eigenvalue weighted by Gasteiger charge is -2.15. The van der Waals surface area contributed by atoms with Gasteiger partial charge >= 0.3 is 0 Å². The van der Waals surface area contributed by atoms with Gasteiger partial charge in [0, 0.05) is 33.5 Å². The van der Waals surface area contributed by atoms with E-state index in [1.807, 2.05) is 90.5 Å². The molecular weight excluding hydrogens is 520 g/mol. The van der Waals surface area contributed by atoms with Crippen molar-refractivity contribution >= 4 is 56.1 Å². The number of aromatic nitrogens is 3. The van der Waals surface area contributed by atoms with Crippen LogP contribution >= 0.6 is 11.3 Å². The van der Waals surface area contributed by atoms with E-state index in [2.05, 4.69) is 25.9 Å². The quantitative estimate of drug-likeness (QED) is 0.213. The summed E-state index contributed by atoms with van der Waals surface area (Å²) in [4.78, 5) is 35.6. The van der Waals surface area contributed by atoms with Crippen LogP contribution in [-0.4, -0.2) is 26.2 Å². The zero-order valence-corrected chi connectivity index (χ0v) is 22.8. The molecule has 2 amide bonds. The van der Waals surface area contributed by atoms with Gasteiger partial charge in [0.1, 0.15) is 5.65 Å². The van der Waals surface area contributed by atoms with Gasteiger partial charge in [0.2, 0.25) is 0 Å². The maximum Gasteiger partial charge on any atom is 0.257 e. The third kappa shape index (κ3) is 4.90. The number of carbonyl (C=O) groups excluding carboxylic acids is 2. The molecule has 0 bridgehead atoms. The molecule has 0 aliphatic rings. The Kier molecular flexibility index (Phi) is 6.71. The third-order valence-electron chi connectivity index (χ3n) is 6.76. The molecule has 2 aromatic carbocycles. The number of amides is 2. The summed E-state index contributed by atoms with van der Waals surface area (Å²) in [7, 11) is 0. The SMILES string of the molecule is Cc1ccccc1Nc1ncc(C(=O)NCc2cnc3c(C)cccn23)cc1NC(=O)c1csc2ccccc12. The summed E-state index contributed by atoms with van der Waals surface area (Å²) in [5.74, 6) is -0.143. The average Bonchev–Trinajstić information content (AvgIpc) is 3.59. The first-order valence-corrected chi connectivity index (χ1v) is 13.7. The fraction of sp³-hybridized carbons (Fsp3) is 0.0968. The number of thiophene rings is 1. The first kappa shape index (κ1) is 25.3. The van der Waals surface area contributed by atoms with Crippen LogP contribution in [0.25, 0.3) is 15.7 Å². The Hall–Kier alpha value is -5.02. The smallest absolute Gasteiger partial charge is 0.257 e. The number of pyridine rings is 2. The number of hydrogen-bond acceptors (Lipinski definition) is 6. The van der Waals surface area contributed by atoms with E-state index < -0.39 is 0 Å². The molecule has 0 saturated heterocycles. The van der Waals surface area contributed by atoms with Crippen LogP contribution in [0.3, 0.4) is 0 Å². The minimum absolute atomic E-state index is 0.272. The number of imidazole rings is 1. The monoisotopic (exact) mass is 546 g/mol. The number of nitrogens with one attached hydrogen (secondary N) is 3. The van der Waals surface area contributed by atoms with Gasteiger partial charge in [-0.1, -0.05) is 42.5 Å². The Morgan fingerprint density at radius 2 is 1.68 bits per heavy atom. The lowest BCUT2D eigenvalue weighted by atomic mass is 10.1. The summed E-state index contributed by atoms with van der Waals surface area (Å²) in [5.41, 5.74) is 5.94. The Labute approximate surface area is 234 Å². The van der Waals surface area contributed by atoms with Crippen LogP contribution in [0.2, 0.25) is 0 Å². The highest BCUT2D eigenvalue weighted by Gasteiger charge is 2.18. The lowest BCUT2D eigenvalue weighted by Crippen LogP contribution is -2.24. The largest absolute Gasteiger partial charge is 0.346 e. The van der Waals surface area contributed by atoms with Gasteiger partial charge in [-0.05, 0) is 49.2 Å². The molecule has 4 heterocycles. The van der Waals surface area contributed by atoms with Crippen molar-refractivity contribution in [2.45, 2.75) is 20.4 Å². The Balaban J connectivity index is 1.29. The summed E-state index contributed by atoms with van der Waals surface area (Å²) in [6.45, 7) is 4.27. The number of nitrogens with zero attached hydrogens (tertiary/aromatic N) is 3. The van der Waals surface area contributed by atoms with Gasteiger partial charge in [-0.25, -0.2) is 9.97 Å².